The van der Waals surface area contributed by atoms with Crippen LogP contribution in [0.4, 0.5) is 0 Å². The fourth-order valence-corrected chi connectivity index (χ4v) is 2.25. The van der Waals surface area contributed by atoms with E-state index in [1.165, 1.54) is 0 Å². The van der Waals surface area contributed by atoms with E-state index in [4.69, 9.17) is 4.74 Å². The van der Waals surface area contributed by atoms with Gasteiger partial charge in [-0.15, -0.1) is 0 Å². The number of rotatable bonds is 13. The van der Waals surface area contributed by atoms with Crippen molar-refractivity contribution in [3.8, 4) is 0 Å². The van der Waals surface area contributed by atoms with Gasteiger partial charge >= 0.3 is 0 Å². The van der Waals surface area contributed by atoms with Crippen molar-refractivity contribution >= 4 is 18.2 Å². The van der Waals surface area contributed by atoms with Crippen molar-refractivity contribution in [2.45, 2.75) is 33.7 Å². The van der Waals surface area contributed by atoms with Crippen LogP contribution in [0.5, 0.6) is 0 Å². The Bertz CT molecular complexity index is 641. The molecule has 0 aromatic heterocycles. The van der Waals surface area contributed by atoms with Gasteiger partial charge in [-0.05, 0) is 18.1 Å². The molecule has 1 rings (SSSR count). The van der Waals surface area contributed by atoms with Gasteiger partial charge in [0.1, 0.15) is 6.61 Å². The molecule has 0 unspecified atom stereocenters. The van der Waals surface area contributed by atoms with E-state index >= 15 is 0 Å². The molecule has 0 bridgehead atoms. The number of ether oxygens (including phenoxy) is 2. The zero-order valence-corrected chi connectivity index (χ0v) is 16.2. The fourth-order valence-electron chi connectivity index (χ4n) is 2.25. The summed E-state index contributed by atoms with van der Waals surface area (Å²) in [4.78, 5) is 35.5. The second-order valence-corrected chi connectivity index (χ2v) is 6.16. The number of allylic oxidation sites excluding steroid dienone is 2. The van der Waals surface area contributed by atoms with Gasteiger partial charge in [0.2, 0.25) is 5.91 Å². The van der Waals surface area contributed by atoms with Crippen molar-refractivity contribution in [2.75, 3.05) is 33.9 Å². The molecule has 1 amide bonds. The van der Waals surface area contributed by atoms with Crippen molar-refractivity contribution < 1.29 is 23.9 Å². The minimum absolute atomic E-state index is 0. The van der Waals surface area contributed by atoms with Gasteiger partial charge in [-0.25, -0.2) is 0 Å². The molecule has 0 atom stereocenters. The molecule has 0 saturated carbocycles. The standard InChI is InChI=1S/C20H28N2O5.CH4/c1-16(21-2)11-19(24)12-17-5-7-18(8-6-17)13-22(3)20(25)14-26-9-4-10-27-15-23;/h5-8,11,15,21H,4,9-10,12-14H2,1-3H3;1H4/b16-11-;. The van der Waals surface area contributed by atoms with E-state index in [-0.39, 0.29) is 32.3 Å². The highest BCUT2D eigenvalue weighted by molar-refractivity contribution is 5.91. The Morgan fingerprint density at radius 1 is 1.14 bits per heavy atom. The van der Waals surface area contributed by atoms with Crippen LogP contribution in [-0.4, -0.2) is 57.0 Å². The van der Waals surface area contributed by atoms with Crippen molar-refractivity contribution in [2.24, 2.45) is 0 Å². The maximum absolute atomic E-state index is 12.0. The highest BCUT2D eigenvalue weighted by atomic mass is 16.5. The Labute approximate surface area is 167 Å². The van der Waals surface area contributed by atoms with E-state index in [0.717, 1.165) is 16.8 Å². The van der Waals surface area contributed by atoms with Crippen LogP contribution in [0.15, 0.2) is 36.0 Å². The maximum atomic E-state index is 12.0. The normalized spacial score (nSPS) is 10.6. The van der Waals surface area contributed by atoms with Gasteiger partial charge in [-0.2, -0.15) is 0 Å². The van der Waals surface area contributed by atoms with Crippen LogP contribution in [0.3, 0.4) is 0 Å². The van der Waals surface area contributed by atoms with Gasteiger partial charge in [0.15, 0.2) is 5.78 Å². The number of ketones is 1. The summed E-state index contributed by atoms with van der Waals surface area (Å²) in [6, 6.07) is 7.63. The number of benzene rings is 1. The lowest BCUT2D eigenvalue weighted by atomic mass is 10.1. The van der Waals surface area contributed by atoms with Gasteiger partial charge in [-0.1, -0.05) is 31.7 Å². The minimum atomic E-state index is -0.127. The minimum Gasteiger partial charge on any atom is -0.468 e. The number of likely N-dealkylation sites (N-methyl/N-ethyl adjacent to an activating group) is 1. The first kappa shape index (κ1) is 25.3. The largest absolute Gasteiger partial charge is 0.468 e. The number of carbonyl (C=O) groups excluding carboxylic acids is 3. The van der Waals surface area contributed by atoms with Crippen LogP contribution in [0.1, 0.15) is 31.9 Å². The molecule has 0 fully saturated rings. The zero-order valence-electron chi connectivity index (χ0n) is 16.2. The van der Waals surface area contributed by atoms with E-state index in [9.17, 15) is 14.4 Å². The van der Waals surface area contributed by atoms with E-state index < -0.39 is 0 Å². The fraction of sp³-hybridized carbons (Fsp3) is 0.476. The molecule has 7 nitrogen and oxygen atoms in total. The average molecular weight is 392 g/mol. The number of amides is 1. The molecule has 0 heterocycles. The van der Waals surface area contributed by atoms with Gasteiger partial charge in [-0.3, -0.25) is 14.4 Å². The third-order valence-corrected chi connectivity index (χ3v) is 3.86. The SMILES string of the molecule is C.CN/C(C)=C\C(=O)Cc1ccc(CN(C)C(=O)COCCCOC=O)cc1. The van der Waals surface area contributed by atoms with Crippen LogP contribution >= 0.6 is 0 Å². The molecule has 0 spiro atoms. The molecule has 156 valence electrons. The van der Waals surface area contributed by atoms with Crippen LogP contribution in [0.2, 0.25) is 0 Å². The Morgan fingerprint density at radius 2 is 1.79 bits per heavy atom. The first-order chi connectivity index (χ1) is 13.0. The van der Waals surface area contributed by atoms with Crippen molar-refractivity contribution in [3.05, 3.63) is 47.2 Å². The predicted octanol–water partition coefficient (Wildman–Crippen LogP) is 2.10. The molecule has 1 aromatic rings. The Hall–Kier alpha value is -2.67. The van der Waals surface area contributed by atoms with Crippen molar-refractivity contribution in [1.82, 2.24) is 10.2 Å². The summed E-state index contributed by atoms with van der Waals surface area (Å²) in [7, 11) is 3.49. The van der Waals surface area contributed by atoms with Gasteiger partial charge < -0.3 is 19.7 Å². The highest BCUT2D eigenvalue weighted by Gasteiger charge is 2.10. The Balaban J connectivity index is 0.00000729. The lowest BCUT2D eigenvalue weighted by Crippen LogP contribution is -2.30. The third kappa shape index (κ3) is 10.5. The number of carbonyl (C=O) groups is 3. The molecular formula is C21H32N2O5. The molecular weight excluding hydrogens is 360 g/mol. The van der Waals surface area contributed by atoms with Crippen LogP contribution in [-0.2, 0) is 36.8 Å². The monoisotopic (exact) mass is 392 g/mol. The summed E-state index contributed by atoms with van der Waals surface area (Å²) in [5.74, 6) is -0.0872. The van der Waals surface area contributed by atoms with E-state index in [0.29, 0.717) is 32.5 Å². The third-order valence-electron chi connectivity index (χ3n) is 3.86. The molecule has 0 aliphatic heterocycles. The van der Waals surface area contributed by atoms with Crippen LogP contribution in [0.25, 0.3) is 0 Å². The molecule has 1 N–H and O–H groups in total. The topological polar surface area (TPSA) is 84.9 Å². The number of nitrogens with one attached hydrogen (secondary N) is 1. The summed E-state index contributed by atoms with van der Waals surface area (Å²) >= 11 is 0. The van der Waals surface area contributed by atoms with Gasteiger partial charge in [0, 0.05) is 45.3 Å². The summed E-state index contributed by atoms with van der Waals surface area (Å²) < 4.78 is 9.81. The first-order valence-corrected chi connectivity index (χ1v) is 8.80. The quantitative estimate of drug-likeness (QED) is 0.314. The van der Waals surface area contributed by atoms with Crippen LogP contribution < -0.4 is 5.32 Å². The van der Waals surface area contributed by atoms with Crippen molar-refractivity contribution in [1.29, 1.82) is 0 Å². The molecule has 0 aliphatic rings. The van der Waals surface area contributed by atoms with Gasteiger partial charge in [0.05, 0.1) is 13.2 Å². The lowest BCUT2D eigenvalue weighted by molar-refractivity contribution is -0.136. The lowest BCUT2D eigenvalue weighted by Gasteiger charge is -2.17. The molecule has 7 heteroatoms. The Morgan fingerprint density at radius 3 is 2.39 bits per heavy atom. The second kappa shape index (κ2) is 14.4. The average Bonchev–Trinajstić information content (AvgIpc) is 2.65. The number of hydrogen-bond donors (Lipinski definition) is 1. The zero-order chi connectivity index (χ0) is 20.1. The van der Waals surface area contributed by atoms with E-state index in [1.54, 1.807) is 25.1 Å². The summed E-state index contributed by atoms with van der Waals surface area (Å²) in [6.07, 6.45) is 2.49. The predicted molar refractivity (Wildman–Crippen MR) is 109 cm³/mol. The second-order valence-electron chi connectivity index (χ2n) is 6.16. The summed E-state index contributed by atoms with van der Waals surface area (Å²) in [5.41, 5.74) is 2.73. The molecule has 0 aliphatic carbocycles. The maximum Gasteiger partial charge on any atom is 0.293 e. The summed E-state index contributed by atoms with van der Waals surface area (Å²) in [6.45, 7) is 3.33. The van der Waals surface area contributed by atoms with Crippen LogP contribution in [0, 0.1) is 0 Å². The number of nitrogens with zero attached hydrogens (tertiary/aromatic N) is 1. The summed E-state index contributed by atoms with van der Waals surface area (Å²) in [5, 5.41) is 2.92. The van der Waals surface area contributed by atoms with E-state index in [1.807, 2.05) is 31.2 Å². The molecule has 28 heavy (non-hydrogen) atoms. The molecule has 1 aromatic carbocycles. The number of hydrogen-bond acceptors (Lipinski definition) is 6. The molecule has 0 saturated heterocycles. The molecule has 0 radical (unpaired) electrons. The van der Waals surface area contributed by atoms with Gasteiger partial charge in [0.25, 0.3) is 6.47 Å². The van der Waals surface area contributed by atoms with Crippen molar-refractivity contribution in [3.63, 3.8) is 0 Å². The smallest absolute Gasteiger partial charge is 0.293 e. The van der Waals surface area contributed by atoms with E-state index in [2.05, 4.69) is 10.1 Å². The Kier molecular flexibility index (Phi) is 13.0. The first-order valence-electron chi connectivity index (χ1n) is 8.80. The highest BCUT2D eigenvalue weighted by Crippen LogP contribution is 2.09.